The largest absolute Gasteiger partial charge is 0.550 e. The summed E-state index contributed by atoms with van der Waals surface area (Å²) in [6, 6.07) is 5.28. The van der Waals surface area contributed by atoms with Crippen molar-refractivity contribution in [1.82, 2.24) is 0 Å². The average Bonchev–Trinajstić information content (AvgIpc) is 2.26. The molecule has 100 valence electrons. The van der Waals surface area contributed by atoms with Crippen LogP contribution in [0.15, 0.2) is 18.2 Å². The second-order valence-electron chi connectivity index (χ2n) is 5.20. The van der Waals surface area contributed by atoms with Crippen molar-refractivity contribution in [2.75, 3.05) is 14.2 Å². The van der Waals surface area contributed by atoms with Crippen LogP contribution in [-0.2, 0) is 4.79 Å². The van der Waals surface area contributed by atoms with Crippen molar-refractivity contribution < 1.29 is 19.4 Å². The number of hydrogen-bond acceptors (Lipinski definition) is 4. The lowest BCUT2D eigenvalue weighted by Crippen LogP contribution is -2.44. The van der Waals surface area contributed by atoms with E-state index in [0.717, 1.165) is 0 Å². The summed E-state index contributed by atoms with van der Waals surface area (Å²) in [4.78, 5) is 11.4. The molecule has 0 aliphatic carbocycles. The number of rotatable bonds is 5. The third-order valence-corrected chi connectivity index (χ3v) is 5.12. The van der Waals surface area contributed by atoms with Gasteiger partial charge in [-0.05, 0) is 6.07 Å². The van der Waals surface area contributed by atoms with Gasteiger partial charge in [0.15, 0.2) is 11.5 Å². The molecule has 0 saturated heterocycles. The number of carboxylic acids is 1. The van der Waals surface area contributed by atoms with Gasteiger partial charge in [0, 0.05) is 17.1 Å². The molecule has 0 amide bonds. The third-order valence-electron chi connectivity index (χ3n) is 2.85. The number of carboxylic acid groups (broad SMARTS) is 1. The minimum absolute atomic E-state index is 0.483. The Morgan fingerprint density at radius 1 is 1.22 bits per heavy atom. The Morgan fingerprint density at radius 2 is 1.83 bits per heavy atom. The number of hydrogen-bond donors (Lipinski definition) is 0. The van der Waals surface area contributed by atoms with Crippen LogP contribution in [0, 0.1) is 0 Å². The monoisotopic (exact) mass is 267 g/mol. The summed E-state index contributed by atoms with van der Waals surface area (Å²) in [5.41, 5.74) is 0.0126. The molecule has 0 aliphatic rings. The maximum absolute atomic E-state index is 11.4. The molecule has 4 nitrogen and oxygen atoms in total. The molecular weight excluding hydrogens is 248 g/mol. The summed E-state index contributed by atoms with van der Waals surface area (Å²) in [7, 11) is 1.07. The van der Waals surface area contributed by atoms with Crippen LogP contribution >= 0.6 is 0 Å². The zero-order valence-electron chi connectivity index (χ0n) is 11.4. The van der Waals surface area contributed by atoms with Crippen LogP contribution in [0.2, 0.25) is 19.6 Å². The van der Waals surface area contributed by atoms with Crippen LogP contribution in [0.1, 0.15) is 11.1 Å². The summed E-state index contributed by atoms with van der Waals surface area (Å²) in [5.74, 6) is -0.0307. The molecule has 0 heterocycles. The number of ether oxygens (including phenoxy) is 2. The molecule has 18 heavy (non-hydrogen) atoms. The number of benzene rings is 1. The summed E-state index contributed by atoms with van der Waals surface area (Å²) in [5, 5.41) is 11.4. The van der Waals surface area contributed by atoms with Crippen LogP contribution in [0.5, 0.6) is 11.5 Å². The number of aliphatic carboxylic acids is 1. The van der Waals surface area contributed by atoms with Crippen molar-refractivity contribution in [2.45, 2.75) is 25.2 Å². The molecular formula is C13H19O4Si-. The second-order valence-corrected chi connectivity index (χ2v) is 10.5. The predicted octanol–water partition coefficient (Wildman–Crippen LogP) is 1.41. The first-order chi connectivity index (χ1) is 8.32. The van der Waals surface area contributed by atoms with E-state index in [9.17, 15) is 9.90 Å². The first-order valence-corrected chi connectivity index (χ1v) is 9.32. The van der Waals surface area contributed by atoms with Gasteiger partial charge < -0.3 is 19.4 Å². The molecule has 0 spiro atoms. The van der Waals surface area contributed by atoms with E-state index in [-0.39, 0.29) is 0 Å². The van der Waals surface area contributed by atoms with Gasteiger partial charge in [0.05, 0.1) is 22.3 Å². The van der Waals surface area contributed by atoms with E-state index in [0.29, 0.717) is 17.1 Å². The Morgan fingerprint density at radius 3 is 2.22 bits per heavy atom. The van der Waals surface area contributed by atoms with E-state index < -0.39 is 19.6 Å². The maximum Gasteiger partial charge on any atom is 0.164 e. The van der Waals surface area contributed by atoms with Gasteiger partial charge in [0.1, 0.15) is 0 Å². The Hall–Kier alpha value is -1.49. The van der Waals surface area contributed by atoms with Gasteiger partial charge in [-0.2, -0.15) is 0 Å². The summed E-state index contributed by atoms with van der Waals surface area (Å²) in [6.45, 7) is 5.98. The lowest BCUT2D eigenvalue weighted by atomic mass is 10.1. The van der Waals surface area contributed by atoms with Crippen molar-refractivity contribution in [2.24, 2.45) is 0 Å². The molecule has 0 aromatic heterocycles. The smallest absolute Gasteiger partial charge is 0.164 e. The van der Waals surface area contributed by atoms with Crippen LogP contribution in [0.25, 0.3) is 0 Å². The van der Waals surface area contributed by atoms with E-state index in [1.54, 1.807) is 18.2 Å². The van der Waals surface area contributed by atoms with Crippen LogP contribution in [0.3, 0.4) is 0 Å². The molecule has 1 aromatic rings. The summed E-state index contributed by atoms with van der Waals surface area (Å²) in [6.07, 6.45) is 0. The van der Waals surface area contributed by atoms with Gasteiger partial charge in [0.2, 0.25) is 0 Å². The fraction of sp³-hybridized carbons (Fsp3) is 0.462. The molecule has 5 heteroatoms. The molecule has 1 rings (SSSR count). The summed E-state index contributed by atoms with van der Waals surface area (Å²) < 4.78 is 10.5. The summed E-state index contributed by atoms with van der Waals surface area (Å²) >= 11 is 0. The topological polar surface area (TPSA) is 58.6 Å². The lowest BCUT2D eigenvalue weighted by molar-refractivity contribution is -0.305. The fourth-order valence-electron chi connectivity index (χ4n) is 2.09. The Labute approximate surface area is 109 Å². The molecule has 1 atom stereocenters. The van der Waals surface area contributed by atoms with Gasteiger partial charge in [-0.25, -0.2) is 0 Å². The quantitative estimate of drug-likeness (QED) is 0.757. The molecule has 0 aliphatic heterocycles. The zero-order valence-corrected chi connectivity index (χ0v) is 12.4. The highest BCUT2D eigenvalue weighted by Crippen LogP contribution is 2.38. The number of carbonyl (C=O) groups excluding carboxylic acids is 1. The third kappa shape index (κ3) is 2.84. The molecule has 0 bridgehead atoms. The van der Waals surface area contributed by atoms with Gasteiger partial charge in [-0.1, -0.05) is 31.8 Å². The van der Waals surface area contributed by atoms with Crippen LogP contribution < -0.4 is 14.6 Å². The molecule has 0 saturated carbocycles. The maximum atomic E-state index is 11.4. The molecule has 0 N–H and O–H groups in total. The zero-order chi connectivity index (χ0) is 13.9. The molecule has 1 unspecified atom stereocenters. The first kappa shape index (κ1) is 14.6. The van der Waals surface area contributed by atoms with Crippen LogP contribution in [0.4, 0.5) is 0 Å². The Balaban J connectivity index is 3.42. The minimum Gasteiger partial charge on any atom is -0.550 e. The minimum atomic E-state index is -1.97. The second kappa shape index (κ2) is 5.43. The Kier molecular flexibility index (Phi) is 4.40. The van der Waals surface area contributed by atoms with Crippen molar-refractivity contribution in [1.29, 1.82) is 0 Å². The van der Waals surface area contributed by atoms with E-state index in [1.807, 2.05) is 19.6 Å². The SMILES string of the molecule is COc1cccc(C(C(=O)[O-])[Si](C)(C)C)c1OC. The van der Waals surface area contributed by atoms with Gasteiger partial charge >= 0.3 is 0 Å². The van der Waals surface area contributed by atoms with E-state index in [4.69, 9.17) is 9.47 Å². The predicted molar refractivity (Wildman–Crippen MR) is 70.6 cm³/mol. The van der Waals surface area contributed by atoms with Crippen molar-refractivity contribution in [3.05, 3.63) is 23.8 Å². The number of methoxy groups -OCH3 is 2. The normalized spacial score (nSPS) is 12.9. The number of carbonyl (C=O) groups is 1. The standard InChI is InChI=1S/C13H20O4Si/c1-16-10-8-6-7-9(11(10)17-2)12(13(14)15)18(3,4)5/h6-8,12H,1-5H3,(H,14,15)/p-1. The van der Waals surface area contributed by atoms with E-state index in [2.05, 4.69) is 0 Å². The van der Waals surface area contributed by atoms with E-state index in [1.165, 1.54) is 14.2 Å². The number of para-hydroxylation sites is 1. The first-order valence-electron chi connectivity index (χ1n) is 5.74. The highest BCUT2D eigenvalue weighted by molar-refractivity contribution is 6.80. The van der Waals surface area contributed by atoms with Crippen molar-refractivity contribution >= 4 is 14.0 Å². The van der Waals surface area contributed by atoms with Gasteiger partial charge in [-0.15, -0.1) is 0 Å². The highest BCUT2D eigenvalue weighted by atomic mass is 28.3. The van der Waals surface area contributed by atoms with E-state index >= 15 is 0 Å². The van der Waals surface area contributed by atoms with Crippen molar-refractivity contribution in [3.63, 3.8) is 0 Å². The van der Waals surface area contributed by atoms with Crippen LogP contribution in [-0.4, -0.2) is 28.3 Å². The molecule has 0 radical (unpaired) electrons. The molecule has 0 fully saturated rings. The average molecular weight is 267 g/mol. The Bertz CT molecular complexity index is 437. The van der Waals surface area contributed by atoms with Crippen molar-refractivity contribution in [3.8, 4) is 11.5 Å². The fourth-order valence-corrected chi connectivity index (χ4v) is 3.95. The molecule has 1 aromatic carbocycles. The van der Waals surface area contributed by atoms with Gasteiger partial charge in [0.25, 0.3) is 0 Å². The highest BCUT2D eigenvalue weighted by Gasteiger charge is 2.32. The van der Waals surface area contributed by atoms with Gasteiger partial charge in [-0.3, -0.25) is 0 Å². The lowest BCUT2D eigenvalue weighted by Gasteiger charge is -2.31.